The van der Waals surface area contributed by atoms with Gasteiger partial charge < -0.3 is 14.5 Å². The minimum absolute atomic E-state index is 0.467. The van der Waals surface area contributed by atoms with E-state index in [1.54, 1.807) is 6.26 Å². The van der Waals surface area contributed by atoms with Crippen LogP contribution in [0.5, 0.6) is 5.75 Å². The Morgan fingerprint density at radius 1 is 1.24 bits per heavy atom. The van der Waals surface area contributed by atoms with E-state index in [-0.39, 0.29) is 0 Å². The molecule has 0 bridgehead atoms. The molecule has 1 aromatic carbocycles. The van der Waals surface area contributed by atoms with Gasteiger partial charge in [-0.2, -0.15) is 0 Å². The van der Waals surface area contributed by atoms with E-state index in [1.807, 2.05) is 44.3 Å². The Labute approximate surface area is 101 Å². The second-order valence-electron chi connectivity index (χ2n) is 3.95. The van der Waals surface area contributed by atoms with E-state index < -0.39 is 0 Å². The fourth-order valence-electron chi connectivity index (χ4n) is 1.70. The van der Waals surface area contributed by atoms with Crippen LogP contribution in [0.3, 0.4) is 0 Å². The summed E-state index contributed by atoms with van der Waals surface area (Å²) < 4.78 is 11.2. The van der Waals surface area contributed by atoms with Gasteiger partial charge in [-0.15, -0.1) is 0 Å². The van der Waals surface area contributed by atoms with Gasteiger partial charge in [0, 0.05) is 12.1 Å². The fourth-order valence-corrected chi connectivity index (χ4v) is 1.70. The Balaban J connectivity index is 2.02. The van der Waals surface area contributed by atoms with Crippen LogP contribution >= 0.6 is 0 Å². The summed E-state index contributed by atoms with van der Waals surface area (Å²) in [5, 5.41) is 3.10. The van der Waals surface area contributed by atoms with Crippen LogP contribution in [0, 0.1) is 6.92 Å². The van der Waals surface area contributed by atoms with Gasteiger partial charge >= 0.3 is 0 Å². The van der Waals surface area contributed by atoms with Crippen LogP contribution in [0.15, 0.2) is 41.0 Å². The van der Waals surface area contributed by atoms with Gasteiger partial charge in [-0.3, -0.25) is 0 Å². The highest BCUT2D eigenvalue weighted by Crippen LogP contribution is 2.19. The lowest BCUT2D eigenvalue weighted by Crippen LogP contribution is -2.07. The first-order valence-electron chi connectivity index (χ1n) is 5.69. The van der Waals surface area contributed by atoms with Crippen LogP contribution in [-0.2, 0) is 13.2 Å². The van der Waals surface area contributed by atoms with Crippen molar-refractivity contribution >= 4 is 0 Å². The van der Waals surface area contributed by atoms with E-state index in [9.17, 15) is 0 Å². The van der Waals surface area contributed by atoms with Gasteiger partial charge in [0.1, 0.15) is 18.1 Å². The number of nitrogens with one attached hydrogen (secondary N) is 1. The number of ether oxygens (including phenoxy) is 1. The molecule has 1 aromatic heterocycles. The number of hydrogen-bond donors (Lipinski definition) is 1. The summed E-state index contributed by atoms with van der Waals surface area (Å²) in [5.41, 5.74) is 2.27. The Morgan fingerprint density at radius 3 is 2.82 bits per heavy atom. The standard InChI is InChI=1S/C14H17NO2/c1-11-5-3-4-6-13(11)17-10-14-12(9-15-2)7-8-16-14/h3-8,15H,9-10H2,1-2H3. The Kier molecular flexibility index (Phi) is 3.83. The van der Waals surface area contributed by atoms with Crippen LogP contribution in [0.25, 0.3) is 0 Å². The third-order valence-electron chi connectivity index (χ3n) is 2.66. The molecule has 1 N–H and O–H groups in total. The zero-order chi connectivity index (χ0) is 12.1. The van der Waals surface area contributed by atoms with Crippen molar-refractivity contribution in [1.29, 1.82) is 0 Å². The molecule has 2 aromatic rings. The first kappa shape index (κ1) is 11.7. The maximum Gasteiger partial charge on any atom is 0.146 e. The van der Waals surface area contributed by atoms with Gasteiger partial charge in [0.15, 0.2) is 0 Å². The third kappa shape index (κ3) is 2.88. The molecule has 0 amide bonds. The van der Waals surface area contributed by atoms with Crippen molar-refractivity contribution in [3.63, 3.8) is 0 Å². The number of furan rings is 1. The van der Waals surface area contributed by atoms with E-state index in [2.05, 4.69) is 5.32 Å². The molecule has 90 valence electrons. The van der Waals surface area contributed by atoms with E-state index in [1.165, 1.54) is 0 Å². The summed E-state index contributed by atoms with van der Waals surface area (Å²) in [6.45, 7) is 3.30. The fraction of sp³-hybridized carbons (Fsp3) is 0.286. The quantitative estimate of drug-likeness (QED) is 0.859. The van der Waals surface area contributed by atoms with Crippen LogP contribution < -0.4 is 10.1 Å². The van der Waals surface area contributed by atoms with Gasteiger partial charge in [0.05, 0.1) is 6.26 Å². The Morgan fingerprint density at radius 2 is 2.06 bits per heavy atom. The molecule has 0 atom stereocenters. The largest absolute Gasteiger partial charge is 0.485 e. The number of rotatable bonds is 5. The summed E-state index contributed by atoms with van der Waals surface area (Å²) >= 11 is 0. The molecule has 0 aliphatic rings. The third-order valence-corrected chi connectivity index (χ3v) is 2.66. The number of hydrogen-bond acceptors (Lipinski definition) is 3. The molecule has 0 fully saturated rings. The average molecular weight is 231 g/mol. The minimum atomic E-state index is 0.467. The summed E-state index contributed by atoms with van der Waals surface area (Å²) in [4.78, 5) is 0. The van der Waals surface area contributed by atoms with Crippen LogP contribution in [-0.4, -0.2) is 7.05 Å². The van der Waals surface area contributed by atoms with Crippen molar-refractivity contribution in [1.82, 2.24) is 5.32 Å². The van der Waals surface area contributed by atoms with Crippen molar-refractivity contribution in [2.45, 2.75) is 20.1 Å². The van der Waals surface area contributed by atoms with Crippen molar-refractivity contribution < 1.29 is 9.15 Å². The van der Waals surface area contributed by atoms with E-state index in [0.29, 0.717) is 6.61 Å². The first-order valence-corrected chi connectivity index (χ1v) is 5.69. The summed E-state index contributed by atoms with van der Waals surface area (Å²) in [6.07, 6.45) is 1.70. The SMILES string of the molecule is CNCc1ccoc1COc1ccccc1C. The average Bonchev–Trinajstić information content (AvgIpc) is 2.76. The second-order valence-corrected chi connectivity index (χ2v) is 3.95. The highest BCUT2D eigenvalue weighted by Gasteiger charge is 2.07. The lowest BCUT2D eigenvalue weighted by Gasteiger charge is -2.08. The highest BCUT2D eigenvalue weighted by molar-refractivity contribution is 5.32. The zero-order valence-corrected chi connectivity index (χ0v) is 10.2. The maximum absolute atomic E-state index is 5.75. The molecule has 1 heterocycles. The first-order chi connectivity index (χ1) is 8.31. The topological polar surface area (TPSA) is 34.4 Å². The monoisotopic (exact) mass is 231 g/mol. The van der Waals surface area contributed by atoms with Crippen molar-refractivity contribution in [2.24, 2.45) is 0 Å². The predicted molar refractivity (Wildman–Crippen MR) is 67.0 cm³/mol. The molecule has 0 aliphatic heterocycles. The Hall–Kier alpha value is -1.74. The van der Waals surface area contributed by atoms with E-state index >= 15 is 0 Å². The maximum atomic E-state index is 5.75. The van der Waals surface area contributed by atoms with Gasteiger partial charge in [-0.05, 0) is 31.7 Å². The summed E-state index contributed by atoms with van der Waals surface area (Å²) in [5.74, 6) is 1.78. The van der Waals surface area contributed by atoms with Crippen molar-refractivity contribution in [3.05, 3.63) is 53.5 Å². The number of aryl methyl sites for hydroxylation is 1. The molecule has 0 saturated carbocycles. The van der Waals surface area contributed by atoms with Gasteiger partial charge in [0.2, 0.25) is 0 Å². The van der Waals surface area contributed by atoms with Gasteiger partial charge in [0.25, 0.3) is 0 Å². The molecular formula is C14H17NO2. The van der Waals surface area contributed by atoms with Crippen LogP contribution in [0.1, 0.15) is 16.9 Å². The molecular weight excluding hydrogens is 214 g/mol. The Bertz CT molecular complexity index is 477. The van der Waals surface area contributed by atoms with E-state index in [0.717, 1.165) is 29.2 Å². The van der Waals surface area contributed by atoms with Crippen LogP contribution in [0.4, 0.5) is 0 Å². The molecule has 0 radical (unpaired) electrons. The summed E-state index contributed by atoms with van der Waals surface area (Å²) in [6, 6.07) is 9.94. The van der Waals surface area contributed by atoms with E-state index in [4.69, 9.17) is 9.15 Å². The molecule has 3 nitrogen and oxygen atoms in total. The highest BCUT2D eigenvalue weighted by atomic mass is 16.5. The van der Waals surface area contributed by atoms with Crippen molar-refractivity contribution in [3.8, 4) is 5.75 Å². The number of benzene rings is 1. The van der Waals surface area contributed by atoms with Crippen molar-refractivity contribution in [2.75, 3.05) is 7.05 Å². The predicted octanol–water partition coefficient (Wildman–Crippen LogP) is 2.89. The molecule has 2 rings (SSSR count). The molecule has 0 unspecified atom stereocenters. The lowest BCUT2D eigenvalue weighted by atomic mass is 10.2. The minimum Gasteiger partial charge on any atom is -0.485 e. The molecule has 3 heteroatoms. The second kappa shape index (κ2) is 5.55. The zero-order valence-electron chi connectivity index (χ0n) is 10.2. The molecule has 0 saturated heterocycles. The number of para-hydroxylation sites is 1. The normalized spacial score (nSPS) is 10.5. The molecule has 0 aliphatic carbocycles. The molecule has 0 spiro atoms. The lowest BCUT2D eigenvalue weighted by molar-refractivity contribution is 0.266. The summed E-state index contributed by atoms with van der Waals surface area (Å²) in [7, 11) is 1.92. The van der Waals surface area contributed by atoms with Gasteiger partial charge in [-0.1, -0.05) is 18.2 Å². The molecule has 17 heavy (non-hydrogen) atoms. The van der Waals surface area contributed by atoms with Crippen LogP contribution in [0.2, 0.25) is 0 Å². The van der Waals surface area contributed by atoms with Gasteiger partial charge in [-0.25, -0.2) is 0 Å². The smallest absolute Gasteiger partial charge is 0.146 e.